The van der Waals surface area contributed by atoms with Crippen molar-refractivity contribution in [1.29, 1.82) is 0 Å². The van der Waals surface area contributed by atoms with Gasteiger partial charge in [0.2, 0.25) is 0 Å². The molecule has 0 fully saturated rings. The molecule has 2 heterocycles. The monoisotopic (exact) mass is 215 g/mol. The number of benzene rings is 1. The molecule has 1 N–H and O–H groups in total. The first-order valence-corrected chi connectivity index (χ1v) is 5.08. The number of ketones is 1. The Balaban J connectivity index is 0.000000457. The van der Waals surface area contributed by atoms with E-state index in [2.05, 4.69) is 18.1 Å². The Morgan fingerprint density at radius 1 is 1.31 bits per heavy atom. The first-order valence-electron chi connectivity index (χ1n) is 5.08. The number of hydrogen-bond acceptors (Lipinski definition) is 2. The molecule has 0 atom stereocenters. The fourth-order valence-corrected chi connectivity index (χ4v) is 1.90. The summed E-state index contributed by atoms with van der Waals surface area (Å²) < 4.78 is 5.42. The molecule has 82 valence electrons. The quantitative estimate of drug-likeness (QED) is 0.686. The minimum atomic E-state index is 0.127. The Morgan fingerprint density at radius 2 is 2.12 bits per heavy atom. The van der Waals surface area contributed by atoms with Crippen LogP contribution < -0.4 is 4.74 Å². The van der Waals surface area contributed by atoms with Gasteiger partial charge in [-0.2, -0.15) is 0 Å². The van der Waals surface area contributed by atoms with E-state index in [1.165, 1.54) is 0 Å². The third-order valence-corrected chi connectivity index (χ3v) is 2.53. The van der Waals surface area contributed by atoms with Gasteiger partial charge in [-0.3, -0.25) is 4.79 Å². The number of Topliss-reactive ketones (excluding diaryl/α,β-unsaturated/α-hetero) is 1. The maximum absolute atomic E-state index is 11.4. The molecule has 1 aliphatic heterocycles. The van der Waals surface area contributed by atoms with Crippen LogP contribution in [0.15, 0.2) is 37.6 Å². The summed E-state index contributed by atoms with van der Waals surface area (Å²) >= 11 is 0. The normalized spacial score (nSPS) is 13.6. The lowest BCUT2D eigenvalue weighted by atomic mass is 10.1. The average Bonchev–Trinajstić information content (AvgIpc) is 2.65. The largest absolute Gasteiger partial charge is 0.485 e. The van der Waals surface area contributed by atoms with Gasteiger partial charge in [0.1, 0.15) is 12.4 Å². The first-order chi connectivity index (χ1) is 7.84. The Labute approximate surface area is 93.7 Å². The number of H-pyrrole nitrogens is 1. The van der Waals surface area contributed by atoms with Gasteiger partial charge in [-0.1, -0.05) is 6.07 Å². The van der Waals surface area contributed by atoms with Crippen LogP contribution in [0, 0.1) is 0 Å². The molecule has 0 aliphatic carbocycles. The summed E-state index contributed by atoms with van der Waals surface area (Å²) in [6, 6.07) is 5.81. The topological polar surface area (TPSA) is 42.1 Å². The second-order valence-electron chi connectivity index (χ2n) is 3.50. The minimum Gasteiger partial charge on any atom is -0.485 e. The number of carbonyl (C=O) groups is 1. The maximum atomic E-state index is 11.4. The maximum Gasteiger partial charge on any atom is 0.174 e. The van der Waals surface area contributed by atoms with E-state index in [-0.39, 0.29) is 12.4 Å². The molecule has 3 rings (SSSR count). The van der Waals surface area contributed by atoms with Gasteiger partial charge >= 0.3 is 0 Å². The van der Waals surface area contributed by atoms with Crippen LogP contribution in [0.4, 0.5) is 0 Å². The van der Waals surface area contributed by atoms with Crippen molar-refractivity contribution in [2.24, 2.45) is 0 Å². The Morgan fingerprint density at radius 3 is 2.94 bits per heavy atom. The predicted molar refractivity (Wildman–Crippen MR) is 63.8 cm³/mol. The van der Waals surface area contributed by atoms with Crippen LogP contribution in [0.2, 0.25) is 0 Å². The highest BCUT2D eigenvalue weighted by Gasteiger charge is 2.17. The molecule has 0 amide bonds. The van der Waals surface area contributed by atoms with E-state index in [1.54, 1.807) is 0 Å². The Hall–Kier alpha value is -2.03. The molecule has 2 aromatic rings. The zero-order chi connectivity index (χ0) is 11.5. The third-order valence-electron chi connectivity index (χ3n) is 2.53. The van der Waals surface area contributed by atoms with Gasteiger partial charge in [-0.15, -0.1) is 13.2 Å². The lowest BCUT2D eigenvalue weighted by Gasteiger charge is -2.02. The van der Waals surface area contributed by atoms with Crippen LogP contribution in [-0.2, 0) is 11.2 Å². The Kier molecular flexibility index (Phi) is 2.77. The summed E-state index contributed by atoms with van der Waals surface area (Å²) in [6.45, 7) is 6.19. The number of rotatable bonds is 0. The van der Waals surface area contributed by atoms with E-state index in [0.29, 0.717) is 6.42 Å². The van der Waals surface area contributed by atoms with Crippen molar-refractivity contribution in [2.45, 2.75) is 6.42 Å². The molecule has 3 nitrogen and oxygen atoms in total. The number of ether oxygens (including phenoxy) is 1. The highest BCUT2D eigenvalue weighted by atomic mass is 16.5. The van der Waals surface area contributed by atoms with Crippen molar-refractivity contribution >= 4 is 16.7 Å². The molecule has 0 saturated carbocycles. The van der Waals surface area contributed by atoms with Crippen LogP contribution >= 0.6 is 0 Å². The lowest BCUT2D eigenvalue weighted by Crippen LogP contribution is -2.10. The van der Waals surface area contributed by atoms with Crippen molar-refractivity contribution in [2.75, 3.05) is 6.61 Å². The Bertz CT molecular complexity index is 528. The molecule has 0 unspecified atom stereocenters. The predicted octanol–water partition coefficient (Wildman–Crippen LogP) is 2.47. The number of nitrogens with one attached hydrogen (secondary N) is 1. The summed E-state index contributed by atoms with van der Waals surface area (Å²) in [6.07, 6.45) is 2.36. The zero-order valence-electron chi connectivity index (χ0n) is 8.95. The molecule has 0 radical (unpaired) electrons. The van der Waals surface area contributed by atoms with Crippen molar-refractivity contribution in [3.63, 3.8) is 0 Å². The molecule has 1 aromatic carbocycles. The van der Waals surface area contributed by atoms with Gasteiger partial charge in [0.25, 0.3) is 0 Å². The number of carbonyl (C=O) groups excluding carboxylic acids is 1. The molecule has 16 heavy (non-hydrogen) atoms. The average molecular weight is 215 g/mol. The van der Waals surface area contributed by atoms with Gasteiger partial charge in [0.15, 0.2) is 5.78 Å². The highest BCUT2D eigenvalue weighted by molar-refractivity contribution is 5.95. The molecule has 1 aliphatic rings. The van der Waals surface area contributed by atoms with Gasteiger partial charge in [-0.05, 0) is 17.7 Å². The van der Waals surface area contributed by atoms with E-state index in [9.17, 15) is 4.79 Å². The standard InChI is InChI=1S/C11H9NO2.C2H4/c13-8-4-7-5-12-9-2-1-3-10(11(7)9)14-6-8;1-2/h1-3,5,12H,4,6H2;1-2H2. The van der Waals surface area contributed by atoms with Gasteiger partial charge < -0.3 is 9.72 Å². The van der Waals surface area contributed by atoms with Crippen LogP contribution in [0.1, 0.15) is 5.56 Å². The second-order valence-corrected chi connectivity index (χ2v) is 3.50. The van der Waals surface area contributed by atoms with Gasteiger partial charge in [0.05, 0.1) is 0 Å². The molecular weight excluding hydrogens is 202 g/mol. The summed E-state index contributed by atoms with van der Waals surface area (Å²) in [5.41, 5.74) is 2.07. The second kappa shape index (κ2) is 4.23. The van der Waals surface area contributed by atoms with E-state index in [0.717, 1.165) is 22.2 Å². The molecule has 3 heteroatoms. The van der Waals surface area contributed by atoms with Crippen molar-refractivity contribution in [3.05, 3.63) is 43.1 Å². The summed E-state index contributed by atoms with van der Waals surface area (Å²) in [4.78, 5) is 14.5. The fraction of sp³-hybridized carbons (Fsp3) is 0.154. The molecule has 1 aromatic heterocycles. The van der Waals surface area contributed by atoms with Crippen LogP contribution in [0.25, 0.3) is 10.9 Å². The number of hydrogen-bond donors (Lipinski definition) is 1. The first kappa shape index (κ1) is 10.5. The van der Waals surface area contributed by atoms with E-state index < -0.39 is 0 Å². The van der Waals surface area contributed by atoms with Crippen molar-refractivity contribution < 1.29 is 9.53 Å². The van der Waals surface area contributed by atoms with Gasteiger partial charge in [-0.25, -0.2) is 0 Å². The SMILES string of the molecule is C=C.O=C1COc2cccc3[nH]cc(c23)C1. The lowest BCUT2D eigenvalue weighted by molar-refractivity contribution is -0.120. The highest BCUT2D eigenvalue weighted by Crippen LogP contribution is 2.30. The van der Waals surface area contributed by atoms with Crippen molar-refractivity contribution in [3.8, 4) is 5.75 Å². The van der Waals surface area contributed by atoms with Crippen LogP contribution in [-0.4, -0.2) is 17.4 Å². The summed E-state index contributed by atoms with van der Waals surface area (Å²) in [5, 5.41) is 1.05. The molecule has 0 saturated heterocycles. The van der Waals surface area contributed by atoms with Crippen LogP contribution in [0.3, 0.4) is 0 Å². The van der Waals surface area contributed by atoms with E-state index in [1.807, 2.05) is 24.4 Å². The minimum absolute atomic E-state index is 0.127. The number of aromatic amines is 1. The number of aromatic nitrogens is 1. The van der Waals surface area contributed by atoms with Gasteiger partial charge in [0, 0.05) is 23.5 Å². The van der Waals surface area contributed by atoms with E-state index in [4.69, 9.17) is 4.74 Å². The fourth-order valence-electron chi connectivity index (χ4n) is 1.90. The molecular formula is C13H13NO2. The summed E-state index contributed by atoms with van der Waals surface area (Å²) in [7, 11) is 0. The smallest absolute Gasteiger partial charge is 0.174 e. The third kappa shape index (κ3) is 1.60. The zero-order valence-corrected chi connectivity index (χ0v) is 8.95. The van der Waals surface area contributed by atoms with E-state index >= 15 is 0 Å². The van der Waals surface area contributed by atoms with Crippen LogP contribution in [0.5, 0.6) is 5.75 Å². The molecule has 0 spiro atoms. The van der Waals surface area contributed by atoms with Crippen molar-refractivity contribution in [1.82, 2.24) is 4.98 Å². The molecule has 0 bridgehead atoms. The summed E-state index contributed by atoms with van der Waals surface area (Å²) in [5.74, 6) is 0.937.